The average Bonchev–Trinajstić information content (AvgIpc) is 3.05. The number of carbonyl (C=O) groups is 1. The maximum atomic E-state index is 12.3. The van der Waals surface area contributed by atoms with Gasteiger partial charge in [-0.05, 0) is 17.4 Å². The molecule has 1 aromatic heterocycles. The van der Waals surface area contributed by atoms with E-state index in [4.69, 9.17) is 0 Å². The highest BCUT2D eigenvalue weighted by Crippen LogP contribution is 2.23. The fourth-order valence-electron chi connectivity index (χ4n) is 2.90. The number of thioether (sulfide) groups is 1. The van der Waals surface area contributed by atoms with E-state index in [1.54, 1.807) is 11.8 Å². The lowest BCUT2D eigenvalue weighted by molar-refractivity contribution is -0.132. The van der Waals surface area contributed by atoms with Crippen LogP contribution in [0.1, 0.15) is 36.4 Å². The van der Waals surface area contributed by atoms with E-state index in [9.17, 15) is 9.90 Å². The van der Waals surface area contributed by atoms with Crippen LogP contribution in [0.3, 0.4) is 0 Å². The second-order valence-corrected chi connectivity index (χ2v) is 7.25. The van der Waals surface area contributed by atoms with Crippen LogP contribution in [0, 0.1) is 0 Å². The Bertz CT molecular complexity index is 687. The Kier molecular flexibility index (Phi) is 5.58. The topological polar surface area (TPSA) is 58.4 Å². The number of nitrogens with zero attached hydrogens (tertiary/aromatic N) is 3. The molecule has 1 aromatic carbocycles. The first-order chi connectivity index (χ1) is 11.7. The van der Waals surface area contributed by atoms with E-state index in [1.807, 2.05) is 46.0 Å². The molecule has 6 heteroatoms. The molecule has 0 aliphatic carbocycles. The van der Waals surface area contributed by atoms with E-state index in [2.05, 4.69) is 12.0 Å². The lowest BCUT2D eigenvalue weighted by Crippen LogP contribution is -2.38. The summed E-state index contributed by atoms with van der Waals surface area (Å²) in [5.74, 6) is 2.12. The minimum atomic E-state index is -0.727. The monoisotopic (exact) mass is 345 g/mol. The van der Waals surface area contributed by atoms with Gasteiger partial charge in [-0.25, -0.2) is 0 Å². The van der Waals surface area contributed by atoms with Crippen molar-refractivity contribution < 1.29 is 9.90 Å². The van der Waals surface area contributed by atoms with Crippen LogP contribution in [0.15, 0.2) is 36.4 Å². The quantitative estimate of drug-likeness (QED) is 0.817. The molecule has 1 unspecified atom stereocenters. The summed E-state index contributed by atoms with van der Waals surface area (Å²) >= 11 is 1.79. The highest BCUT2D eigenvalue weighted by Gasteiger charge is 2.24. The van der Waals surface area contributed by atoms with Gasteiger partial charge in [0, 0.05) is 18.7 Å². The van der Waals surface area contributed by atoms with E-state index in [0.29, 0.717) is 31.7 Å². The van der Waals surface area contributed by atoms with Crippen molar-refractivity contribution in [3.05, 3.63) is 53.3 Å². The molecule has 24 heavy (non-hydrogen) atoms. The standard InChI is InChI=1S/C18H23N3O2S/c1-2-24-11-8-17(22)20-9-10-21-15(13-20)12-16(19-21)18(23)14-6-4-3-5-7-14/h3-7,12,18,23H,2,8-11,13H2,1H3. The van der Waals surface area contributed by atoms with Crippen molar-refractivity contribution in [2.24, 2.45) is 0 Å². The lowest BCUT2D eigenvalue weighted by atomic mass is 10.1. The average molecular weight is 345 g/mol. The SMILES string of the molecule is CCSCCC(=O)N1CCn2nc(C(O)c3ccccc3)cc2C1. The fraction of sp³-hybridized carbons (Fsp3) is 0.444. The van der Waals surface area contributed by atoms with Crippen LogP contribution in [0.4, 0.5) is 0 Å². The summed E-state index contributed by atoms with van der Waals surface area (Å²) in [6, 6.07) is 11.4. The van der Waals surface area contributed by atoms with Crippen LogP contribution in [0.5, 0.6) is 0 Å². The Morgan fingerprint density at radius 2 is 2.12 bits per heavy atom. The second kappa shape index (κ2) is 7.85. The number of hydrogen-bond donors (Lipinski definition) is 1. The molecule has 2 aromatic rings. The molecule has 3 rings (SSSR count). The van der Waals surface area contributed by atoms with Gasteiger partial charge in [0.2, 0.25) is 5.91 Å². The molecular weight excluding hydrogens is 322 g/mol. The van der Waals surface area contributed by atoms with Crippen molar-refractivity contribution >= 4 is 17.7 Å². The first-order valence-electron chi connectivity index (χ1n) is 8.34. The van der Waals surface area contributed by atoms with Gasteiger partial charge in [0.05, 0.1) is 24.5 Å². The van der Waals surface area contributed by atoms with Crippen molar-refractivity contribution in [1.29, 1.82) is 0 Å². The number of benzene rings is 1. The second-order valence-electron chi connectivity index (χ2n) is 5.86. The summed E-state index contributed by atoms with van der Waals surface area (Å²) < 4.78 is 1.91. The fourth-order valence-corrected chi connectivity index (χ4v) is 3.51. The number of carbonyl (C=O) groups excluding carboxylic acids is 1. The molecule has 0 saturated heterocycles. The van der Waals surface area contributed by atoms with Gasteiger partial charge in [-0.1, -0.05) is 37.3 Å². The molecule has 2 heterocycles. The number of aromatic nitrogens is 2. The van der Waals surface area contributed by atoms with Crippen LogP contribution in [-0.2, 0) is 17.9 Å². The molecule has 128 valence electrons. The van der Waals surface area contributed by atoms with Crippen LogP contribution >= 0.6 is 11.8 Å². The maximum Gasteiger partial charge on any atom is 0.223 e. The largest absolute Gasteiger partial charge is 0.382 e. The van der Waals surface area contributed by atoms with Crippen LogP contribution < -0.4 is 0 Å². The Morgan fingerprint density at radius 3 is 2.88 bits per heavy atom. The summed E-state index contributed by atoms with van der Waals surface area (Å²) in [6.45, 7) is 4.05. The molecule has 0 bridgehead atoms. The molecule has 1 aliphatic rings. The van der Waals surface area contributed by atoms with Gasteiger partial charge < -0.3 is 10.0 Å². The Labute approximate surface area is 146 Å². The first-order valence-corrected chi connectivity index (χ1v) is 9.49. The zero-order valence-corrected chi connectivity index (χ0v) is 14.7. The van der Waals surface area contributed by atoms with Gasteiger partial charge in [0.25, 0.3) is 0 Å². The highest BCUT2D eigenvalue weighted by molar-refractivity contribution is 7.99. The number of aliphatic hydroxyl groups is 1. The molecule has 0 saturated carbocycles. The minimum Gasteiger partial charge on any atom is -0.382 e. The summed E-state index contributed by atoms with van der Waals surface area (Å²) in [7, 11) is 0. The van der Waals surface area contributed by atoms with E-state index in [-0.39, 0.29) is 5.91 Å². The van der Waals surface area contributed by atoms with Crippen LogP contribution in [0.2, 0.25) is 0 Å². The number of amides is 1. The molecule has 1 aliphatic heterocycles. The zero-order chi connectivity index (χ0) is 16.9. The Balaban J connectivity index is 1.67. The van der Waals surface area contributed by atoms with Crippen molar-refractivity contribution in [3.8, 4) is 0 Å². The third-order valence-electron chi connectivity index (χ3n) is 4.23. The molecule has 1 N–H and O–H groups in total. The van der Waals surface area contributed by atoms with Crippen molar-refractivity contribution in [2.45, 2.75) is 32.5 Å². The molecule has 0 fully saturated rings. The summed E-state index contributed by atoms with van der Waals surface area (Å²) in [5.41, 5.74) is 2.47. The van der Waals surface area contributed by atoms with Gasteiger partial charge in [-0.15, -0.1) is 0 Å². The molecule has 5 nitrogen and oxygen atoms in total. The normalized spacial score (nSPS) is 15.2. The van der Waals surface area contributed by atoms with E-state index < -0.39 is 6.10 Å². The van der Waals surface area contributed by atoms with E-state index in [1.165, 1.54) is 0 Å². The van der Waals surface area contributed by atoms with E-state index in [0.717, 1.165) is 22.8 Å². The molecular formula is C18H23N3O2S. The molecule has 1 amide bonds. The van der Waals surface area contributed by atoms with Crippen molar-refractivity contribution in [2.75, 3.05) is 18.1 Å². The Hall–Kier alpha value is -1.79. The molecule has 1 atom stereocenters. The van der Waals surface area contributed by atoms with Gasteiger partial charge in [-0.2, -0.15) is 16.9 Å². The van der Waals surface area contributed by atoms with Gasteiger partial charge >= 0.3 is 0 Å². The third kappa shape index (κ3) is 3.82. The predicted octanol–water partition coefficient (Wildman–Crippen LogP) is 2.45. The number of aliphatic hydroxyl groups excluding tert-OH is 1. The highest BCUT2D eigenvalue weighted by atomic mass is 32.2. The lowest BCUT2D eigenvalue weighted by Gasteiger charge is -2.27. The van der Waals surface area contributed by atoms with Crippen LogP contribution in [0.25, 0.3) is 0 Å². The summed E-state index contributed by atoms with van der Waals surface area (Å²) in [6.07, 6.45) is -0.138. The number of fused-ring (bicyclic) bond motifs is 1. The van der Waals surface area contributed by atoms with Crippen LogP contribution in [-0.4, -0.2) is 43.7 Å². The first kappa shape index (κ1) is 17.0. The molecule has 0 radical (unpaired) electrons. The predicted molar refractivity (Wildman–Crippen MR) is 95.8 cm³/mol. The van der Waals surface area contributed by atoms with Gasteiger partial charge in [-0.3, -0.25) is 9.48 Å². The number of hydrogen-bond acceptors (Lipinski definition) is 4. The maximum absolute atomic E-state index is 12.3. The van der Waals surface area contributed by atoms with Crippen molar-refractivity contribution in [1.82, 2.24) is 14.7 Å². The Morgan fingerprint density at radius 1 is 1.33 bits per heavy atom. The summed E-state index contributed by atoms with van der Waals surface area (Å²) in [4.78, 5) is 14.2. The van der Waals surface area contributed by atoms with Crippen molar-refractivity contribution in [3.63, 3.8) is 0 Å². The zero-order valence-electron chi connectivity index (χ0n) is 13.9. The minimum absolute atomic E-state index is 0.202. The van der Waals surface area contributed by atoms with Gasteiger partial charge in [0.15, 0.2) is 0 Å². The smallest absolute Gasteiger partial charge is 0.223 e. The molecule has 0 spiro atoms. The van der Waals surface area contributed by atoms with E-state index >= 15 is 0 Å². The summed E-state index contributed by atoms with van der Waals surface area (Å²) in [5, 5.41) is 15.0. The van der Waals surface area contributed by atoms with Gasteiger partial charge in [0.1, 0.15) is 6.10 Å². The third-order valence-corrected chi connectivity index (χ3v) is 5.13. The number of rotatable bonds is 6.